The van der Waals surface area contributed by atoms with Crippen LogP contribution >= 0.6 is 0 Å². The van der Waals surface area contributed by atoms with Crippen molar-refractivity contribution in [1.82, 2.24) is 14.8 Å². The van der Waals surface area contributed by atoms with E-state index in [0.29, 0.717) is 0 Å². The fourth-order valence-corrected chi connectivity index (χ4v) is 3.04. The summed E-state index contributed by atoms with van der Waals surface area (Å²) in [6, 6.07) is 5.98. The monoisotopic (exact) mass is 303 g/mol. The molecule has 1 aromatic rings. The molecule has 122 valence electrons. The number of ether oxygens (including phenoxy) is 1. The van der Waals surface area contributed by atoms with Gasteiger partial charge in [-0.3, -0.25) is 9.88 Å². The van der Waals surface area contributed by atoms with Gasteiger partial charge in [-0.05, 0) is 30.7 Å². The van der Waals surface area contributed by atoms with Gasteiger partial charge in [0.25, 0.3) is 0 Å². The molecule has 22 heavy (non-hydrogen) atoms. The van der Waals surface area contributed by atoms with Crippen molar-refractivity contribution in [3.8, 4) is 0 Å². The normalized spacial score (nSPS) is 17.5. The minimum Gasteiger partial charge on any atom is -0.379 e. The summed E-state index contributed by atoms with van der Waals surface area (Å²) in [5.41, 5.74) is 1.30. The van der Waals surface area contributed by atoms with Crippen LogP contribution in [0.25, 0.3) is 6.08 Å². The highest BCUT2D eigenvalue weighted by molar-refractivity contribution is 5.43. The maximum Gasteiger partial charge on any atom is 0.0626 e. The van der Waals surface area contributed by atoms with Gasteiger partial charge in [-0.1, -0.05) is 26.0 Å². The molecule has 0 aromatic carbocycles. The van der Waals surface area contributed by atoms with E-state index in [2.05, 4.69) is 47.8 Å². The molecule has 1 fully saturated rings. The van der Waals surface area contributed by atoms with Crippen LogP contribution in [0, 0.1) is 5.41 Å². The summed E-state index contributed by atoms with van der Waals surface area (Å²) in [5, 5.41) is 0. The van der Waals surface area contributed by atoms with E-state index in [4.69, 9.17) is 4.74 Å². The molecular weight excluding hydrogens is 274 g/mol. The van der Waals surface area contributed by atoms with Crippen molar-refractivity contribution >= 4 is 6.08 Å². The van der Waals surface area contributed by atoms with Crippen molar-refractivity contribution in [2.45, 2.75) is 13.8 Å². The van der Waals surface area contributed by atoms with Crippen molar-refractivity contribution in [1.29, 1.82) is 0 Å². The number of likely N-dealkylation sites (N-methyl/N-ethyl adjacent to an activating group) is 1. The van der Waals surface area contributed by atoms with Crippen LogP contribution in [0.2, 0.25) is 0 Å². The number of hydrogen-bond acceptors (Lipinski definition) is 4. The molecule has 0 atom stereocenters. The lowest BCUT2D eigenvalue weighted by Gasteiger charge is -2.36. The molecular formula is C18H29N3O. The summed E-state index contributed by atoms with van der Waals surface area (Å²) in [4.78, 5) is 9.19. The number of pyridine rings is 1. The Bertz CT molecular complexity index is 453. The van der Waals surface area contributed by atoms with E-state index in [-0.39, 0.29) is 5.41 Å². The number of morpholine rings is 1. The van der Waals surface area contributed by atoms with Crippen molar-refractivity contribution in [3.63, 3.8) is 0 Å². The fraction of sp³-hybridized carbons (Fsp3) is 0.611. The first-order chi connectivity index (χ1) is 10.6. The van der Waals surface area contributed by atoms with Crippen molar-refractivity contribution in [3.05, 3.63) is 36.2 Å². The summed E-state index contributed by atoms with van der Waals surface area (Å²) in [6.45, 7) is 11.7. The van der Waals surface area contributed by atoms with Gasteiger partial charge in [0.15, 0.2) is 0 Å². The first-order valence-electron chi connectivity index (χ1n) is 8.11. The van der Waals surface area contributed by atoms with E-state index < -0.39 is 0 Å². The first-order valence-corrected chi connectivity index (χ1v) is 8.11. The van der Waals surface area contributed by atoms with Gasteiger partial charge < -0.3 is 9.64 Å². The summed E-state index contributed by atoms with van der Waals surface area (Å²) < 4.78 is 5.42. The molecule has 0 amide bonds. The lowest BCUT2D eigenvalue weighted by molar-refractivity contribution is 0.0170. The number of hydrogen-bond donors (Lipinski definition) is 0. The Morgan fingerprint density at radius 1 is 1.32 bits per heavy atom. The zero-order valence-corrected chi connectivity index (χ0v) is 14.2. The quantitative estimate of drug-likeness (QED) is 0.773. The third-order valence-corrected chi connectivity index (χ3v) is 3.85. The highest BCUT2D eigenvalue weighted by Gasteiger charge is 2.24. The van der Waals surface area contributed by atoms with E-state index in [1.165, 1.54) is 0 Å². The minimum absolute atomic E-state index is 0.283. The fourth-order valence-electron chi connectivity index (χ4n) is 3.04. The van der Waals surface area contributed by atoms with E-state index in [0.717, 1.165) is 51.6 Å². The van der Waals surface area contributed by atoms with Gasteiger partial charge in [-0.2, -0.15) is 0 Å². The maximum absolute atomic E-state index is 5.42. The second kappa shape index (κ2) is 8.42. The summed E-state index contributed by atoms with van der Waals surface area (Å²) in [5.74, 6) is 0. The van der Waals surface area contributed by atoms with E-state index in [1.54, 1.807) is 0 Å². The molecule has 4 nitrogen and oxygen atoms in total. The molecule has 4 heteroatoms. The topological polar surface area (TPSA) is 28.6 Å². The standard InChI is InChI=1S/C18H29N3O/c1-18(2,16-21-11-13-22-14-12-21)15-20(3)10-6-8-17-7-4-5-9-19-17/h4-9H,10-16H2,1-3H3. The molecule has 2 rings (SSSR count). The average molecular weight is 303 g/mol. The zero-order chi connectivity index (χ0) is 15.8. The van der Waals surface area contributed by atoms with Gasteiger partial charge in [0.1, 0.15) is 0 Å². The predicted molar refractivity (Wildman–Crippen MR) is 91.8 cm³/mol. The number of nitrogens with zero attached hydrogens (tertiary/aromatic N) is 3. The lowest BCUT2D eigenvalue weighted by Crippen LogP contribution is -2.45. The molecule has 0 aliphatic carbocycles. The Kier molecular flexibility index (Phi) is 6.55. The lowest BCUT2D eigenvalue weighted by atomic mass is 9.92. The molecule has 1 aromatic heterocycles. The molecule has 0 saturated carbocycles. The van der Waals surface area contributed by atoms with Crippen molar-refractivity contribution in [2.75, 3.05) is 53.0 Å². The summed E-state index contributed by atoms with van der Waals surface area (Å²) in [7, 11) is 2.18. The van der Waals surface area contributed by atoms with Crippen LogP contribution in [0.1, 0.15) is 19.5 Å². The molecule has 0 radical (unpaired) electrons. The highest BCUT2D eigenvalue weighted by Crippen LogP contribution is 2.19. The minimum atomic E-state index is 0.283. The number of aromatic nitrogens is 1. The molecule has 2 heterocycles. The first kappa shape index (κ1) is 17.1. The number of rotatable bonds is 7. The Balaban J connectivity index is 1.74. The van der Waals surface area contributed by atoms with Crippen LogP contribution in [-0.4, -0.2) is 67.8 Å². The largest absolute Gasteiger partial charge is 0.379 e. The Morgan fingerprint density at radius 3 is 2.77 bits per heavy atom. The molecule has 0 bridgehead atoms. The molecule has 0 spiro atoms. The summed E-state index contributed by atoms with van der Waals surface area (Å²) >= 11 is 0. The Hall–Kier alpha value is -1.23. The van der Waals surface area contributed by atoms with Crippen LogP contribution < -0.4 is 0 Å². The summed E-state index contributed by atoms with van der Waals surface area (Å²) in [6.07, 6.45) is 6.10. The van der Waals surface area contributed by atoms with Crippen LogP contribution in [0.3, 0.4) is 0 Å². The maximum atomic E-state index is 5.42. The third-order valence-electron chi connectivity index (χ3n) is 3.85. The van der Waals surface area contributed by atoms with E-state index >= 15 is 0 Å². The Morgan fingerprint density at radius 2 is 2.09 bits per heavy atom. The van der Waals surface area contributed by atoms with Gasteiger partial charge in [-0.25, -0.2) is 0 Å². The van der Waals surface area contributed by atoms with Gasteiger partial charge in [0, 0.05) is 38.9 Å². The second-order valence-corrected chi connectivity index (χ2v) is 6.91. The van der Waals surface area contributed by atoms with Gasteiger partial charge >= 0.3 is 0 Å². The highest BCUT2D eigenvalue weighted by atomic mass is 16.5. The van der Waals surface area contributed by atoms with Crippen molar-refractivity contribution < 1.29 is 4.74 Å². The molecule has 1 aliphatic rings. The van der Waals surface area contributed by atoms with Crippen LogP contribution in [-0.2, 0) is 4.74 Å². The van der Waals surface area contributed by atoms with Crippen LogP contribution in [0.4, 0.5) is 0 Å². The molecule has 1 saturated heterocycles. The molecule has 0 N–H and O–H groups in total. The van der Waals surface area contributed by atoms with Crippen molar-refractivity contribution in [2.24, 2.45) is 5.41 Å². The predicted octanol–water partition coefficient (Wildman–Crippen LogP) is 2.39. The average Bonchev–Trinajstić information content (AvgIpc) is 2.48. The smallest absolute Gasteiger partial charge is 0.0626 e. The second-order valence-electron chi connectivity index (χ2n) is 6.91. The van der Waals surface area contributed by atoms with E-state index in [1.807, 2.05) is 24.4 Å². The van der Waals surface area contributed by atoms with Crippen LogP contribution in [0.5, 0.6) is 0 Å². The van der Waals surface area contributed by atoms with Gasteiger partial charge in [-0.15, -0.1) is 0 Å². The SMILES string of the molecule is CN(CC=Cc1ccccn1)CC(C)(C)CN1CCOCC1. The van der Waals surface area contributed by atoms with Crippen LogP contribution in [0.15, 0.2) is 30.5 Å². The zero-order valence-electron chi connectivity index (χ0n) is 14.2. The molecule has 0 unspecified atom stereocenters. The molecule has 1 aliphatic heterocycles. The van der Waals surface area contributed by atoms with Gasteiger partial charge in [0.2, 0.25) is 0 Å². The Labute approximate surface area is 134 Å². The van der Waals surface area contributed by atoms with E-state index in [9.17, 15) is 0 Å². The van der Waals surface area contributed by atoms with Gasteiger partial charge in [0.05, 0.1) is 18.9 Å². The third kappa shape index (κ3) is 6.26.